The molecule has 2 rings (SSSR count). The van der Waals surface area contributed by atoms with E-state index in [1.54, 1.807) is 0 Å². The highest BCUT2D eigenvalue weighted by Gasteiger charge is 2.01. The topological polar surface area (TPSA) is 76.7 Å². The van der Waals surface area contributed by atoms with Gasteiger partial charge in [0.1, 0.15) is 0 Å². The lowest BCUT2D eigenvalue weighted by Gasteiger charge is -2.06. The molecule has 5 heteroatoms. The van der Waals surface area contributed by atoms with E-state index in [0.29, 0.717) is 19.0 Å². The van der Waals surface area contributed by atoms with E-state index in [1.165, 1.54) is 0 Å². The van der Waals surface area contributed by atoms with Gasteiger partial charge in [0.2, 0.25) is 5.95 Å². The fourth-order valence-corrected chi connectivity index (χ4v) is 1.51. The van der Waals surface area contributed by atoms with Gasteiger partial charge in [-0.25, -0.2) is 4.98 Å². The summed E-state index contributed by atoms with van der Waals surface area (Å²) in [6, 6.07) is 8.14. The molecule has 0 aliphatic heterocycles. The maximum absolute atomic E-state index is 5.55. The van der Waals surface area contributed by atoms with Crippen LogP contribution in [0.1, 0.15) is 22.5 Å². The molecule has 0 radical (unpaired) electrons. The maximum Gasteiger partial charge on any atom is 0.243 e. The van der Waals surface area contributed by atoms with Crippen LogP contribution in [0, 0.1) is 13.8 Å². The van der Waals surface area contributed by atoms with Crippen molar-refractivity contribution in [3.8, 4) is 0 Å². The average molecular weight is 243 g/mol. The Balaban J connectivity index is 1.99. The van der Waals surface area contributed by atoms with Crippen LogP contribution < -0.4 is 11.1 Å². The summed E-state index contributed by atoms with van der Waals surface area (Å²) in [6.45, 7) is 5.06. The first kappa shape index (κ1) is 12.4. The Morgan fingerprint density at radius 2 is 1.67 bits per heavy atom. The minimum atomic E-state index is 0.556. The molecule has 1 aromatic heterocycles. The molecule has 0 unspecified atom stereocenters. The number of nitrogens with one attached hydrogen (secondary N) is 1. The molecular formula is C13H17N5. The lowest BCUT2D eigenvalue weighted by Crippen LogP contribution is -2.07. The highest BCUT2D eigenvalue weighted by molar-refractivity contribution is 5.29. The van der Waals surface area contributed by atoms with Crippen LogP contribution in [0.2, 0.25) is 0 Å². The van der Waals surface area contributed by atoms with E-state index in [1.807, 2.05) is 38.1 Å². The first-order chi connectivity index (χ1) is 8.69. The van der Waals surface area contributed by atoms with E-state index in [-0.39, 0.29) is 0 Å². The highest BCUT2D eigenvalue weighted by Crippen LogP contribution is 2.07. The molecule has 1 heterocycles. The van der Waals surface area contributed by atoms with Crippen LogP contribution in [0.25, 0.3) is 0 Å². The lowest BCUT2D eigenvalue weighted by molar-refractivity contribution is 0.885. The Morgan fingerprint density at radius 1 is 1.00 bits per heavy atom. The Bertz CT molecular complexity index is 521. The van der Waals surface area contributed by atoms with Crippen LogP contribution in [-0.4, -0.2) is 15.2 Å². The average Bonchev–Trinajstić information content (AvgIpc) is 2.41. The van der Waals surface area contributed by atoms with Gasteiger partial charge in [-0.1, -0.05) is 24.3 Å². The van der Waals surface area contributed by atoms with Gasteiger partial charge in [-0.05, 0) is 25.0 Å². The number of aryl methyl sites for hydroxylation is 2. The highest BCUT2D eigenvalue weighted by atomic mass is 15.2. The fraction of sp³-hybridized carbons (Fsp3) is 0.308. The Kier molecular flexibility index (Phi) is 3.84. The number of aromatic nitrogens is 3. The molecule has 0 bridgehead atoms. The van der Waals surface area contributed by atoms with Crippen LogP contribution >= 0.6 is 0 Å². The van der Waals surface area contributed by atoms with Crippen molar-refractivity contribution in [2.24, 2.45) is 5.73 Å². The number of anilines is 1. The van der Waals surface area contributed by atoms with Crippen LogP contribution in [0.5, 0.6) is 0 Å². The van der Waals surface area contributed by atoms with E-state index >= 15 is 0 Å². The third kappa shape index (κ3) is 3.01. The summed E-state index contributed by atoms with van der Waals surface area (Å²) in [4.78, 5) is 4.32. The fourth-order valence-electron chi connectivity index (χ4n) is 1.51. The normalized spacial score (nSPS) is 10.4. The minimum Gasteiger partial charge on any atom is -0.349 e. The predicted molar refractivity (Wildman–Crippen MR) is 71.0 cm³/mol. The van der Waals surface area contributed by atoms with Crippen LogP contribution in [0.15, 0.2) is 24.3 Å². The summed E-state index contributed by atoms with van der Waals surface area (Å²) in [5.74, 6) is 0.556. The van der Waals surface area contributed by atoms with Gasteiger partial charge in [0.15, 0.2) is 0 Å². The van der Waals surface area contributed by atoms with Gasteiger partial charge in [-0.2, -0.15) is 5.10 Å². The summed E-state index contributed by atoms with van der Waals surface area (Å²) in [5.41, 5.74) is 9.59. The van der Waals surface area contributed by atoms with Crippen molar-refractivity contribution in [3.63, 3.8) is 0 Å². The van der Waals surface area contributed by atoms with Crippen molar-refractivity contribution in [2.45, 2.75) is 26.9 Å². The second-order valence-corrected chi connectivity index (χ2v) is 4.18. The third-order valence-electron chi connectivity index (χ3n) is 2.80. The zero-order chi connectivity index (χ0) is 13.0. The summed E-state index contributed by atoms with van der Waals surface area (Å²) < 4.78 is 0. The molecule has 1 aromatic carbocycles. The Morgan fingerprint density at radius 3 is 2.28 bits per heavy atom. The Hall–Kier alpha value is -2.01. The van der Waals surface area contributed by atoms with E-state index in [9.17, 15) is 0 Å². The standard InChI is InChI=1S/C13H17N5/c1-9-10(2)17-18-13(16-9)15-8-12-5-3-11(7-14)4-6-12/h3-6H,7-8,14H2,1-2H3,(H,15,16,18). The van der Waals surface area contributed by atoms with Crippen molar-refractivity contribution in [3.05, 3.63) is 46.8 Å². The largest absolute Gasteiger partial charge is 0.349 e. The van der Waals surface area contributed by atoms with Crippen LogP contribution in [0.3, 0.4) is 0 Å². The molecule has 18 heavy (non-hydrogen) atoms. The number of nitrogens with two attached hydrogens (primary N) is 1. The van der Waals surface area contributed by atoms with Gasteiger partial charge < -0.3 is 11.1 Å². The smallest absolute Gasteiger partial charge is 0.243 e. The molecule has 0 spiro atoms. The van der Waals surface area contributed by atoms with Crippen molar-refractivity contribution in [1.82, 2.24) is 15.2 Å². The van der Waals surface area contributed by atoms with Gasteiger partial charge in [0.25, 0.3) is 0 Å². The quantitative estimate of drug-likeness (QED) is 0.852. The molecule has 0 fully saturated rings. The van der Waals surface area contributed by atoms with Crippen molar-refractivity contribution >= 4 is 5.95 Å². The maximum atomic E-state index is 5.55. The molecule has 0 aliphatic carbocycles. The number of hydrogen-bond donors (Lipinski definition) is 2. The second-order valence-electron chi connectivity index (χ2n) is 4.18. The second kappa shape index (κ2) is 5.55. The summed E-state index contributed by atoms with van der Waals surface area (Å²) in [5, 5.41) is 11.2. The van der Waals surface area contributed by atoms with Gasteiger partial charge in [-0.15, -0.1) is 5.10 Å². The van der Waals surface area contributed by atoms with Crippen LogP contribution in [-0.2, 0) is 13.1 Å². The Labute approximate surface area is 106 Å². The molecular weight excluding hydrogens is 226 g/mol. The van der Waals surface area contributed by atoms with Gasteiger partial charge in [0.05, 0.1) is 11.4 Å². The van der Waals surface area contributed by atoms with Gasteiger partial charge >= 0.3 is 0 Å². The summed E-state index contributed by atoms with van der Waals surface area (Å²) in [6.07, 6.45) is 0. The molecule has 3 N–H and O–H groups in total. The first-order valence-electron chi connectivity index (χ1n) is 5.88. The predicted octanol–water partition coefficient (Wildman–Crippen LogP) is 1.56. The van der Waals surface area contributed by atoms with E-state index < -0.39 is 0 Å². The monoisotopic (exact) mass is 243 g/mol. The molecule has 0 saturated carbocycles. The number of hydrogen-bond acceptors (Lipinski definition) is 5. The number of nitrogens with zero attached hydrogens (tertiary/aromatic N) is 3. The molecule has 0 atom stereocenters. The zero-order valence-electron chi connectivity index (χ0n) is 10.6. The lowest BCUT2D eigenvalue weighted by atomic mass is 10.1. The van der Waals surface area contributed by atoms with E-state index in [0.717, 1.165) is 22.5 Å². The first-order valence-corrected chi connectivity index (χ1v) is 5.88. The number of benzene rings is 1. The van der Waals surface area contributed by atoms with Crippen molar-refractivity contribution in [1.29, 1.82) is 0 Å². The van der Waals surface area contributed by atoms with E-state index in [4.69, 9.17) is 5.73 Å². The van der Waals surface area contributed by atoms with Gasteiger partial charge in [-0.3, -0.25) is 0 Å². The molecule has 0 saturated heterocycles. The summed E-state index contributed by atoms with van der Waals surface area (Å²) in [7, 11) is 0. The molecule has 2 aromatic rings. The van der Waals surface area contributed by atoms with Gasteiger partial charge in [0, 0.05) is 13.1 Å². The van der Waals surface area contributed by atoms with E-state index in [2.05, 4.69) is 20.5 Å². The van der Waals surface area contributed by atoms with Crippen LogP contribution in [0.4, 0.5) is 5.95 Å². The molecule has 0 aliphatic rings. The number of rotatable bonds is 4. The summed E-state index contributed by atoms with van der Waals surface area (Å²) >= 11 is 0. The molecule has 5 nitrogen and oxygen atoms in total. The van der Waals surface area contributed by atoms with Crippen molar-refractivity contribution < 1.29 is 0 Å². The van der Waals surface area contributed by atoms with Crippen molar-refractivity contribution in [2.75, 3.05) is 5.32 Å². The molecule has 0 amide bonds. The SMILES string of the molecule is Cc1nnc(NCc2ccc(CN)cc2)nc1C. The molecule has 94 valence electrons. The zero-order valence-corrected chi connectivity index (χ0v) is 10.6. The minimum absolute atomic E-state index is 0.556. The third-order valence-corrected chi connectivity index (χ3v) is 2.80.